The van der Waals surface area contributed by atoms with Gasteiger partial charge >= 0.3 is 0 Å². The smallest absolute Gasteiger partial charge is 0.274 e. The van der Waals surface area contributed by atoms with E-state index in [0.717, 1.165) is 18.5 Å². The van der Waals surface area contributed by atoms with Crippen LogP contribution in [0.25, 0.3) is 0 Å². The summed E-state index contributed by atoms with van der Waals surface area (Å²) in [5.41, 5.74) is 0.646. The molecule has 0 unspecified atom stereocenters. The van der Waals surface area contributed by atoms with Crippen LogP contribution in [-0.4, -0.2) is 70.3 Å². The van der Waals surface area contributed by atoms with E-state index in [0.29, 0.717) is 31.7 Å². The molecular weight excluding hydrogens is 256 g/mol. The molecule has 0 radical (unpaired) electrons. The highest BCUT2D eigenvalue weighted by atomic mass is 16.3. The van der Waals surface area contributed by atoms with E-state index in [1.807, 2.05) is 25.9 Å². The number of aryl methyl sites for hydroxylation is 1. The molecule has 2 N–H and O–H groups in total. The topological polar surface area (TPSA) is 72.5 Å². The highest BCUT2D eigenvalue weighted by Gasteiger charge is 2.32. The van der Waals surface area contributed by atoms with Crippen LogP contribution in [0.4, 0.5) is 0 Å². The van der Waals surface area contributed by atoms with Crippen molar-refractivity contribution in [2.24, 2.45) is 0 Å². The molecule has 6 nitrogen and oxygen atoms in total. The minimum atomic E-state index is -0.694. The van der Waals surface area contributed by atoms with Crippen molar-refractivity contribution in [3.8, 4) is 0 Å². The van der Waals surface area contributed by atoms with Gasteiger partial charge in [0, 0.05) is 25.3 Å². The summed E-state index contributed by atoms with van der Waals surface area (Å²) in [6.07, 6.45) is 2.16. The quantitative estimate of drug-likeness (QED) is 0.852. The Morgan fingerprint density at radius 1 is 1.50 bits per heavy atom. The highest BCUT2D eigenvalue weighted by molar-refractivity contribution is 5.92. The van der Waals surface area contributed by atoms with Crippen LogP contribution in [0.2, 0.25) is 0 Å². The Bertz CT molecular complexity index is 471. The molecule has 0 aliphatic carbocycles. The Morgan fingerprint density at radius 3 is 2.85 bits per heavy atom. The minimum absolute atomic E-state index is 0.0524. The lowest BCUT2D eigenvalue weighted by Crippen LogP contribution is -2.41. The first-order valence-electron chi connectivity index (χ1n) is 7.08. The van der Waals surface area contributed by atoms with Gasteiger partial charge in [-0.2, -0.15) is 5.10 Å². The number of carbonyl (C=O) groups is 1. The maximum absolute atomic E-state index is 12.4. The van der Waals surface area contributed by atoms with Gasteiger partial charge < -0.3 is 14.9 Å². The Labute approximate surface area is 119 Å². The molecule has 1 fully saturated rings. The first kappa shape index (κ1) is 15.0. The van der Waals surface area contributed by atoms with Crippen LogP contribution in [0.1, 0.15) is 35.4 Å². The van der Waals surface area contributed by atoms with Crippen LogP contribution in [0.3, 0.4) is 0 Å². The molecule has 2 rings (SSSR count). The molecule has 0 aromatic carbocycles. The Kier molecular flexibility index (Phi) is 4.45. The molecule has 1 aromatic rings. The number of carbonyl (C=O) groups excluding carboxylic acids is 1. The summed E-state index contributed by atoms with van der Waals surface area (Å²) in [5, 5.41) is 17.4. The predicted octanol–water partition coefficient (Wildman–Crippen LogP) is 0.637. The summed E-state index contributed by atoms with van der Waals surface area (Å²) >= 11 is 0. The highest BCUT2D eigenvalue weighted by Crippen LogP contribution is 2.23. The van der Waals surface area contributed by atoms with Crippen molar-refractivity contribution < 1.29 is 9.90 Å². The second-order valence-corrected chi connectivity index (χ2v) is 6.04. The van der Waals surface area contributed by atoms with E-state index in [2.05, 4.69) is 10.2 Å². The van der Waals surface area contributed by atoms with Crippen LogP contribution in [0, 0.1) is 6.92 Å². The molecule has 1 aliphatic rings. The van der Waals surface area contributed by atoms with Gasteiger partial charge in [-0.3, -0.25) is 9.89 Å². The zero-order valence-electron chi connectivity index (χ0n) is 12.5. The number of hydrogen-bond acceptors (Lipinski definition) is 4. The third kappa shape index (κ3) is 3.58. The number of likely N-dealkylation sites (N-methyl/N-ethyl adjacent to an activating group) is 1. The van der Waals surface area contributed by atoms with Gasteiger partial charge in [-0.1, -0.05) is 0 Å². The molecule has 1 amide bonds. The van der Waals surface area contributed by atoms with Gasteiger partial charge in [0.2, 0.25) is 0 Å². The first-order chi connectivity index (χ1) is 9.39. The van der Waals surface area contributed by atoms with Crippen molar-refractivity contribution in [1.29, 1.82) is 0 Å². The lowest BCUT2D eigenvalue weighted by Gasteiger charge is -2.29. The van der Waals surface area contributed by atoms with Crippen LogP contribution < -0.4 is 0 Å². The van der Waals surface area contributed by atoms with Crippen molar-refractivity contribution in [2.45, 2.75) is 31.8 Å². The minimum Gasteiger partial charge on any atom is -0.388 e. The van der Waals surface area contributed by atoms with Gasteiger partial charge in [-0.05, 0) is 46.3 Å². The zero-order chi connectivity index (χ0) is 14.8. The summed E-state index contributed by atoms with van der Waals surface area (Å²) in [4.78, 5) is 16.1. The number of hydrogen-bond donors (Lipinski definition) is 2. The summed E-state index contributed by atoms with van der Waals surface area (Å²) in [6.45, 7) is 3.77. The van der Waals surface area contributed by atoms with E-state index >= 15 is 0 Å². The van der Waals surface area contributed by atoms with Crippen molar-refractivity contribution in [2.75, 3.05) is 33.7 Å². The average molecular weight is 280 g/mol. The van der Waals surface area contributed by atoms with E-state index in [1.54, 1.807) is 11.0 Å². The van der Waals surface area contributed by atoms with Gasteiger partial charge in [0.25, 0.3) is 5.91 Å². The van der Waals surface area contributed by atoms with Gasteiger partial charge in [-0.15, -0.1) is 0 Å². The maximum Gasteiger partial charge on any atom is 0.274 e. The molecule has 1 saturated heterocycles. The van der Waals surface area contributed by atoms with Crippen LogP contribution in [0.5, 0.6) is 0 Å². The van der Waals surface area contributed by atoms with E-state index in [1.165, 1.54) is 0 Å². The third-order valence-electron chi connectivity index (χ3n) is 3.74. The zero-order valence-corrected chi connectivity index (χ0v) is 12.5. The molecule has 1 atom stereocenters. The predicted molar refractivity (Wildman–Crippen MR) is 76.6 cm³/mol. The van der Waals surface area contributed by atoms with Gasteiger partial charge in [0.15, 0.2) is 0 Å². The monoisotopic (exact) mass is 280 g/mol. The normalized spacial score (nSPS) is 23.9. The Morgan fingerprint density at radius 2 is 2.25 bits per heavy atom. The van der Waals surface area contributed by atoms with Gasteiger partial charge in [-0.25, -0.2) is 0 Å². The maximum atomic E-state index is 12.4. The number of nitrogens with zero attached hydrogens (tertiary/aromatic N) is 3. The SMILES string of the molecule is Cc1cc(C(=O)N2CCC[C@](O)(CN(C)C)CC2)n[nH]1. The lowest BCUT2D eigenvalue weighted by molar-refractivity contribution is 0.00303. The molecule has 0 saturated carbocycles. The lowest BCUT2D eigenvalue weighted by atomic mass is 9.94. The standard InChI is InChI=1S/C14H24N4O2/c1-11-9-12(16-15-11)13(19)18-7-4-5-14(20,6-8-18)10-17(2)3/h9,20H,4-8,10H2,1-3H3,(H,15,16)/t14-/m1/s1. The Balaban J connectivity index is 2.00. The number of H-pyrrole nitrogens is 1. The summed E-state index contributed by atoms with van der Waals surface area (Å²) in [7, 11) is 3.91. The summed E-state index contributed by atoms with van der Waals surface area (Å²) in [5.74, 6) is -0.0524. The largest absolute Gasteiger partial charge is 0.388 e. The number of likely N-dealkylation sites (tertiary alicyclic amines) is 1. The number of amides is 1. The van der Waals surface area contributed by atoms with E-state index in [-0.39, 0.29) is 5.91 Å². The first-order valence-corrected chi connectivity index (χ1v) is 7.08. The van der Waals surface area contributed by atoms with Gasteiger partial charge in [0.05, 0.1) is 5.60 Å². The average Bonchev–Trinajstić information content (AvgIpc) is 2.69. The molecular formula is C14H24N4O2. The molecule has 20 heavy (non-hydrogen) atoms. The van der Waals surface area contributed by atoms with E-state index in [9.17, 15) is 9.90 Å². The van der Waals surface area contributed by atoms with Crippen LogP contribution >= 0.6 is 0 Å². The van der Waals surface area contributed by atoms with E-state index < -0.39 is 5.60 Å². The summed E-state index contributed by atoms with van der Waals surface area (Å²) < 4.78 is 0. The van der Waals surface area contributed by atoms with Crippen LogP contribution in [-0.2, 0) is 0 Å². The molecule has 112 valence electrons. The third-order valence-corrected chi connectivity index (χ3v) is 3.74. The fourth-order valence-electron chi connectivity index (χ4n) is 2.82. The molecule has 1 aromatic heterocycles. The second kappa shape index (κ2) is 5.93. The van der Waals surface area contributed by atoms with Crippen molar-refractivity contribution in [1.82, 2.24) is 20.0 Å². The number of nitrogens with one attached hydrogen (secondary N) is 1. The fourth-order valence-corrected chi connectivity index (χ4v) is 2.82. The van der Waals surface area contributed by atoms with Crippen molar-refractivity contribution in [3.05, 3.63) is 17.5 Å². The van der Waals surface area contributed by atoms with Crippen LogP contribution in [0.15, 0.2) is 6.07 Å². The molecule has 0 bridgehead atoms. The van der Waals surface area contributed by atoms with Gasteiger partial charge in [0.1, 0.15) is 5.69 Å². The van der Waals surface area contributed by atoms with Crippen molar-refractivity contribution in [3.63, 3.8) is 0 Å². The molecule has 2 heterocycles. The Hall–Kier alpha value is -1.40. The molecule has 0 spiro atoms. The number of aromatic nitrogens is 2. The molecule has 1 aliphatic heterocycles. The van der Waals surface area contributed by atoms with E-state index in [4.69, 9.17) is 0 Å². The number of aromatic amines is 1. The number of aliphatic hydroxyl groups is 1. The molecule has 6 heteroatoms. The second-order valence-electron chi connectivity index (χ2n) is 6.04. The summed E-state index contributed by atoms with van der Waals surface area (Å²) in [6, 6.07) is 1.76. The van der Waals surface area contributed by atoms with Crippen molar-refractivity contribution >= 4 is 5.91 Å². The number of rotatable bonds is 3. The fraction of sp³-hybridized carbons (Fsp3) is 0.714.